The Hall–Kier alpha value is -2.90. The summed E-state index contributed by atoms with van der Waals surface area (Å²) in [5.74, 6) is -2.10. The highest BCUT2D eigenvalue weighted by atomic mass is 35.5. The third-order valence-electron chi connectivity index (χ3n) is 3.85. The van der Waals surface area contributed by atoms with Crippen LogP contribution in [0.3, 0.4) is 0 Å². The highest BCUT2D eigenvalue weighted by Gasteiger charge is 2.20. The minimum Gasteiger partial charge on any atom is -0.507 e. The summed E-state index contributed by atoms with van der Waals surface area (Å²) in [5.41, 5.74) is 0.601. The first-order valence-electron chi connectivity index (χ1n) is 8.18. The lowest BCUT2D eigenvalue weighted by molar-refractivity contribution is -0.124. The molecule has 1 heterocycles. The van der Waals surface area contributed by atoms with E-state index in [0.29, 0.717) is 5.56 Å². The van der Waals surface area contributed by atoms with Crippen molar-refractivity contribution in [2.45, 2.75) is 6.04 Å². The van der Waals surface area contributed by atoms with Gasteiger partial charge in [0.1, 0.15) is 17.1 Å². The van der Waals surface area contributed by atoms with Crippen molar-refractivity contribution in [1.29, 1.82) is 0 Å². The number of hydrogen-bond acceptors (Lipinski definition) is 5. The molecule has 0 saturated heterocycles. The minimum atomic E-state index is -0.848. The first-order chi connectivity index (χ1) is 13.4. The molecule has 28 heavy (non-hydrogen) atoms. The van der Waals surface area contributed by atoms with E-state index in [0.717, 1.165) is 4.88 Å². The van der Waals surface area contributed by atoms with Crippen LogP contribution in [0, 0.1) is 5.82 Å². The number of phenols is 1. The lowest BCUT2D eigenvalue weighted by Gasteiger charge is -2.18. The number of rotatable bonds is 6. The third kappa shape index (κ3) is 4.88. The molecule has 1 atom stereocenters. The van der Waals surface area contributed by atoms with Crippen LogP contribution in [0.4, 0.5) is 4.39 Å². The number of nitrogens with one attached hydrogen (secondary N) is 1. The normalized spacial score (nSPS) is 11.6. The number of benzene rings is 2. The number of halogens is 2. The van der Waals surface area contributed by atoms with E-state index in [4.69, 9.17) is 16.3 Å². The molecular formula is C20H15ClFNO4S. The summed E-state index contributed by atoms with van der Waals surface area (Å²) in [6.45, 7) is -0.538. The fourth-order valence-electron chi connectivity index (χ4n) is 2.52. The zero-order valence-electron chi connectivity index (χ0n) is 14.4. The second kappa shape index (κ2) is 8.86. The van der Waals surface area contributed by atoms with E-state index < -0.39 is 24.5 Å². The monoisotopic (exact) mass is 419 g/mol. The van der Waals surface area contributed by atoms with Gasteiger partial charge in [0, 0.05) is 9.90 Å². The zero-order valence-corrected chi connectivity index (χ0v) is 16.0. The van der Waals surface area contributed by atoms with E-state index >= 15 is 0 Å². The Morgan fingerprint density at radius 1 is 1.18 bits per heavy atom. The van der Waals surface area contributed by atoms with Gasteiger partial charge >= 0.3 is 5.97 Å². The van der Waals surface area contributed by atoms with Crippen LogP contribution in [0.2, 0.25) is 5.02 Å². The van der Waals surface area contributed by atoms with Gasteiger partial charge in [-0.3, -0.25) is 4.79 Å². The highest BCUT2D eigenvalue weighted by molar-refractivity contribution is 7.10. The van der Waals surface area contributed by atoms with Gasteiger partial charge in [0.15, 0.2) is 6.61 Å². The molecule has 5 nitrogen and oxygen atoms in total. The number of carbonyl (C=O) groups is 2. The van der Waals surface area contributed by atoms with Crippen LogP contribution < -0.4 is 5.32 Å². The van der Waals surface area contributed by atoms with Crippen molar-refractivity contribution in [3.05, 3.63) is 86.8 Å². The molecule has 0 aliphatic heterocycles. The van der Waals surface area contributed by atoms with Crippen molar-refractivity contribution in [1.82, 2.24) is 5.32 Å². The molecule has 0 spiro atoms. The van der Waals surface area contributed by atoms with Crippen LogP contribution in [0.5, 0.6) is 5.75 Å². The number of phenolic OH excluding ortho intramolecular Hbond substituents is 1. The first kappa shape index (κ1) is 19.9. The molecular weight excluding hydrogens is 405 g/mol. The van der Waals surface area contributed by atoms with Gasteiger partial charge in [-0.25, -0.2) is 9.18 Å². The predicted molar refractivity (Wildman–Crippen MR) is 104 cm³/mol. The van der Waals surface area contributed by atoms with E-state index in [1.807, 2.05) is 17.5 Å². The van der Waals surface area contributed by atoms with Crippen molar-refractivity contribution in [3.8, 4) is 5.75 Å². The van der Waals surface area contributed by atoms with Crippen LogP contribution in [0.1, 0.15) is 26.8 Å². The molecule has 1 aromatic heterocycles. The summed E-state index contributed by atoms with van der Waals surface area (Å²) in [5, 5.41) is 14.7. The number of esters is 1. The molecule has 2 aromatic carbocycles. The maximum atomic E-state index is 13.2. The Balaban J connectivity index is 1.67. The molecule has 0 aliphatic rings. The maximum Gasteiger partial charge on any atom is 0.342 e. The number of amides is 1. The molecule has 1 amide bonds. The Labute approximate surface area is 169 Å². The van der Waals surface area contributed by atoms with Crippen molar-refractivity contribution in [2.24, 2.45) is 0 Å². The summed E-state index contributed by atoms with van der Waals surface area (Å²) in [4.78, 5) is 25.2. The van der Waals surface area contributed by atoms with Gasteiger partial charge in [0.2, 0.25) is 0 Å². The highest BCUT2D eigenvalue weighted by Crippen LogP contribution is 2.26. The van der Waals surface area contributed by atoms with Gasteiger partial charge in [-0.1, -0.05) is 29.8 Å². The van der Waals surface area contributed by atoms with E-state index in [1.54, 1.807) is 12.1 Å². The largest absolute Gasteiger partial charge is 0.507 e. The Kier molecular flexibility index (Phi) is 6.28. The summed E-state index contributed by atoms with van der Waals surface area (Å²) in [7, 11) is 0. The summed E-state index contributed by atoms with van der Waals surface area (Å²) >= 11 is 7.16. The maximum absolute atomic E-state index is 13.2. The average molecular weight is 420 g/mol. The second-order valence-corrected chi connectivity index (χ2v) is 7.22. The number of hydrogen-bond donors (Lipinski definition) is 2. The van der Waals surface area contributed by atoms with Gasteiger partial charge in [0.25, 0.3) is 5.91 Å². The molecule has 0 fully saturated rings. The van der Waals surface area contributed by atoms with Crippen LogP contribution >= 0.6 is 22.9 Å². The molecule has 0 bridgehead atoms. The average Bonchev–Trinajstić information content (AvgIpc) is 3.19. The standard InChI is InChI=1S/C20H15ClFNO4S/c21-13-5-8-15(16(24)10-13)20(26)27-11-18(25)23-19(17-2-1-9-28-17)12-3-6-14(22)7-4-12/h1-10,19,24H,11H2,(H,23,25). The van der Waals surface area contributed by atoms with Crippen molar-refractivity contribution < 1.29 is 23.8 Å². The van der Waals surface area contributed by atoms with Gasteiger partial charge in [-0.2, -0.15) is 0 Å². The fourth-order valence-corrected chi connectivity index (χ4v) is 3.49. The quantitative estimate of drug-likeness (QED) is 0.584. The SMILES string of the molecule is O=C(COC(=O)c1ccc(Cl)cc1O)NC(c1ccc(F)cc1)c1cccs1. The zero-order chi connectivity index (χ0) is 20.1. The summed E-state index contributed by atoms with van der Waals surface area (Å²) < 4.78 is 18.2. The Morgan fingerprint density at radius 2 is 1.93 bits per heavy atom. The Morgan fingerprint density at radius 3 is 2.57 bits per heavy atom. The Bertz CT molecular complexity index is 976. The fraction of sp³-hybridized carbons (Fsp3) is 0.100. The van der Waals surface area contributed by atoms with E-state index in [1.165, 1.54) is 41.7 Å². The minimum absolute atomic E-state index is 0.0921. The smallest absolute Gasteiger partial charge is 0.342 e. The molecule has 144 valence electrons. The molecule has 0 saturated carbocycles. The lowest BCUT2D eigenvalue weighted by Crippen LogP contribution is -2.32. The van der Waals surface area contributed by atoms with Crippen LogP contribution in [0.15, 0.2) is 60.0 Å². The number of aromatic hydroxyl groups is 1. The number of ether oxygens (including phenoxy) is 1. The second-order valence-electron chi connectivity index (χ2n) is 5.81. The summed E-state index contributed by atoms with van der Waals surface area (Å²) in [6.07, 6.45) is 0. The van der Waals surface area contributed by atoms with Gasteiger partial charge in [-0.05, 0) is 47.3 Å². The van der Waals surface area contributed by atoms with E-state index in [9.17, 15) is 19.1 Å². The van der Waals surface area contributed by atoms with Gasteiger partial charge in [-0.15, -0.1) is 11.3 Å². The van der Waals surface area contributed by atoms with Gasteiger partial charge < -0.3 is 15.2 Å². The molecule has 8 heteroatoms. The molecule has 3 aromatic rings. The molecule has 3 rings (SSSR count). The topological polar surface area (TPSA) is 75.6 Å². The summed E-state index contributed by atoms with van der Waals surface area (Å²) in [6, 6.07) is 12.9. The number of thiophene rings is 1. The van der Waals surface area contributed by atoms with Crippen LogP contribution in [-0.2, 0) is 9.53 Å². The molecule has 1 unspecified atom stereocenters. The third-order valence-corrected chi connectivity index (χ3v) is 5.02. The van der Waals surface area contributed by atoms with E-state index in [2.05, 4.69) is 5.32 Å². The molecule has 0 aliphatic carbocycles. The predicted octanol–water partition coefficient (Wildman–Crippen LogP) is 4.31. The molecule has 2 N–H and O–H groups in total. The van der Waals surface area contributed by atoms with Crippen molar-refractivity contribution in [2.75, 3.05) is 6.61 Å². The van der Waals surface area contributed by atoms with E-state index in [-0.39, 0.29) is 22.2 Å². The van der Waals surface area contributed by atoms with Crippen molar-refractivity contribution in [3.63, 3.8) is 0 Å². The van der Waals surface area contributed by atoms with Gasteiger partial charge in [0.05, 0.1) is 6.04 Å². The van der Waals surface area contributed by atoms with Crippen LogP contribution in [0.25, 0.3) is 0 Å². The van der Waals surface area contributed by atoms with Crippen LogP contribution in [-0.4, -0.2) is 23.6 Å². The number of carbonyl (C=O) groups excluding carboxylic acids is 2. The van der Waals surface area contributed by atoms with Crippen molar-refractivity contribution >= 4 is 34.8 Å². The first-order valence-corrected chi connectivity index (χ1v) is 9.43. The lowest BCUT2D eigenvalue weighted by atomic mass is 10.1. The molecule has 0 radical (unpaired) electrons.